The molecule has 2 aliphatic rings. The van der Waals surface area contributed by atoms with Gasteiger partial charge < -0.3 is 4.74 Å². The van der Waals surface area contributed by atoms with Crippen LogP contribution in [0.15, 0.2) is 48.7 Å². The third-order valence-corrected chi connectivity index (χ3v) is 10.3. The molecule has 0 atom stereocenters. The zero-order chi connectivity index (χ0) is 27.3. The third kappa shape index (κ3) is 2.88. The highest BCUT2D eigenvalue weighted by Gasteiger charge is 2.47. The minimum Gasteiger partial charge on any atom is -0.464 e. The fraction of sp³-hybridized carbons (Fsp3) is 0.297. The van der Waals surface area contributed by atoms with E-state index >= 15 is 0 Å². The van der Waals surface area contributed by atoms with Crippen LogP contribution in [0.1, 0.15) is 86.2 Å². The molecule has 1 heterocycles. The number of fused-ring (bicyclic) bond motifs is 8. The van der Waals surface area contributed by atoms with Gasteiger partial charge in [0.05, 0.1) is 11.7 Å². The van der Waals surface area contributed by atoms with Crippen LogP contribution < -0.4 is 4.74 Å². The predicted molar refractivity (Wildman–Crippen MR) is 163 cm³/mol. The maximum absolute atomic E-state index is 6.44. The summed E-state index contributed by atoms with van der Waals surface area (Å²) in [4.78, 5) is 0. The van der Waals surface area contributed by atoms with Gasteiger partial charge in [-0.05, 0) is 159 Å². The Balaban J connectivity index is 1.96. The highest BCUT2D eigenvalue weighted by atomic mass is 16.5. The van der Waals surface area contributed by atoms with Gasteiger partial charge in [-0.2, -0.15) is 0 Å². The Morgan fingerprint density at radius 3 is 1.58 bits per heavy atom. The lowest BCUT2D eigenvalue weighted by Gasteiger charge is -2.42. The van der Waals surface area contributed by atoms with Gasteiger partial charge in [-0.25, -0.2) is 0 Å². The van der Waals surface area contributed by atoms with Crippen molar-refractivity contribution in [2.75, 3.05) is 0 Å². The van der Waals surface area contributed by atoms with Gasteiger partial charge >= 0.3 is 0 Å². The Bertz CT molecular complexity index is 1690. The average Bonchev–Trinajstić information content (AvgIpc) is 3.00. The van der Waals surface area contributed by atoms with Crippen LogP contribution in [0, 0.1) is 55.4 Å². The van der Waals surface area contributed by atoms with Gasteiger partial charge in [0.1, 0.15) is 5.75 Å². The quantitative estimate of drug-likeness (QED) is 0.234. The molecule has 0 saturated carbocycles. The lowest BCUT2D eigenvalue weighted by Crippen LogP contribution is -2.34. The Hall–Kier alpha value is -3.58. The summed E-state index contributed by atoms with van der Waals surface area (Å²) in [5.74, 6) is 0.977. The molecule has 0 radical (unpaired) electrons. The molecule has 0 unspecified atom stereocenters. The molecule has 1 spiro atoms. The first-order valence-electron chi connectivity index (χ1n) is 13.8. The maximum atomic E-state index is 6.44. The van der Waals surface area contributed by atoms with Gasteiger partial charge in [0.2, 0.25) is 0 Å². The smallest absolute Gasteiger partial charge is 0.139 e. The zero-order valence-electron chi connectivity index (χ0n) is 24.5. The van der Waals surface area contributed by atoms with E-state index in [1.54, 1.807) is 0 Å². The molecule has 38 heavy (non-hydrogen) atoms. The topological polar surface area (TPSA) is 9.23 Å². The van der Waals surface area contributed by atoms with Gasteiger partial charge in [-0.15, -0.1) is 0 Å². The Morgan fingerprint density at radius 1 is 0.526 bits per heavy atom. The second-order valence-corrected chi connectivity index (χ2v) is 11.6. The highest BCUT2D eigenvalue weighted by molar-refractivity contribution is 5.99. The monoisotopic (exact) mass is 498 g/mol. The van der Waals surface area contributed by atoms with Crippen molar-refractivity contribution < 1.29 is 4.74 Å². The van der Waals surface area contributed by atoms with Crippen LogP contribution in [0.3, 0.4) is 0 Å². The van der Waals surface area contributed by atoms with Crippen LogP contribution in [0.25, 0.3) is 21.9 Å². The molecule has 0 saturated heterocycles. The molecule has 0 aromatic heterocycles. The molecule has 4 aromatic rings. The standard InChI is InChI=1S/C37H38O/c1-19-21(3)27(9)34-32(23(19)5)25(7)26(8)33-24(6)20(2)22(4)28(10)35(33)37(34)17-18-38-36-30-14-12-11-13-29(30)15-16-31(36)37/h11-18H,1-10H3. The zero-order valence-corrected chi connectivity index (χ0v) is 24.5. The first kappa shape index (κ1) is 24.7. The third-order valence-electron chi connectivity index (χ3n) is 10.3. The fourth-order valence-electron chi connectivity index (χ4n) is 7.46. The van der Waals surface area contributed by atoms with Crippen LogP contribution >= 0.6 is 0 Å². The summed E-state index contributed by atoms with van der Waals surface area (Å²) in [6.45, 7) is 23.2. The van der Waals surface area contributed by atoms with Crippen molar-refractivity contribution in [2.24, 2.45) is 0 Å². The van der Waals surface area contributed by atoms with E-state index in [1.807, 2.05) is 6.26 Å². The second kappa shape index (κ2) is 8.21. The van der Waals surface area contributed by atoms with Crippen molar-refractivity contribution in [1.29, 1.82) is 0 Å². The minimum atomic E-state index is -0.470. The van der Waals surface area contributed by atoms with Crippen LogP contribution in [0.5, 0.6) is 5.75 Å². The van der Waals surface area contributed by atoms with E-state index in [9.17, 15) is 0 Å². The average molecular weight is 499 g/mol. The normalized spacial score (nSPS) is 15.3. The van der Waals surface area contributed by atoms with Gasteiger partial charge in [0.15, 0.2) is 0 Å². The van der Waals surface area contributed by atoms with Crippen LogP contribution in [-0.2, 0) is 5.41 Å². The SMILES string of the molecule is CC1=C(C)c2c(C)c(C)c(C)c(C)c2C2(C=COc3c2ccc2ccccc32)c2c(C)c(C)c(C)c(C)c21. The van der Waals surface area contributed by atoms with E-state index in [2.05, 4.69) is 112 Å². The summed E-state index contributed by atoms with van der Waals surface area (Å²) in [6.07, 6.45) is 4.32. The number of ether oxygens (including phenoxy) is 1. The van der Waals surface area contributed by atoms with E-state index in [4.69, 9.17) is 4.74 Å². The van der Waals surface area contributed by atoms with Crippen LogP contribution in [0.2, 0.25) is 0 Å². The largest absolute Gasteiger partial charge is 0.464 e. The summed E-state index contributed by atoms with van der Waals surface area (Å²) in [5.41, 5.74) is 20.3. The molecule has 1 aliphatic carbocycles. The fourth-order valence-corrected chi connectivity index (χ4v) is 7.46. The summed E-state index contributed by atoms with van der Waals surface area (Å²) < 4.78 is 6.44. The minimum absolute atomic E-state index is 0.470. The van der Waals surface area contributed by atoms with Crippen molar-refractivity contribution in [3.63, 3.8) is 0 Å². The molecule has 1 nitrogen and oxygen atoms in total. The number of rotatable bonds is 0. The van der Waals surface area contributed by atoms with Crippen molar-refractivity contribution in [3.8, 4) is 5.75 Å². The first-order valence-corrected chi connectivity index (χ1v) is 13.8. The molecule has 0 fully saturated rings. The molecule has 1 heteroatoms. The van der Waals surface area contributed by atoms with E-state index in [1.165, 1.54) is 94.2 Å². The molecule has 4 aromatic carbocycles. The highest BCUT2D eigenvalue weighted by Crippen LogP contribution is 2.58. The van der Waals surface area contributed by atoms with E-state index < -0.39 is 5.41 Å². The molecular formula is C37H38O. The second-order valence-electron chi connectivity index (χ2n) is 11.6. The van der Waals surface area contributed by atoms with E-state index in [0.29, 0.717) is 0 Å². The van der Waals surface area contributed by atoms with Crippen LogP contribution in [0.4, 0.5) is 0 Å². The molecule has 0 amide bonds. The number of hydrogen-bond donors (Lipinski definition) is 0. The Kier molecular flexibility index (Phi) is 5.34. The Labute approximate surface area is 227 Å². The Morgan fingerprint density at radius 2 is 1.03 bits per heavy atom. The van der Waals surface area contributed by atoms with Crippen molar-refractivity contribution in [2.45, 2.75) is 74.7 Å². The van der Waals surface area contributed by atoms with Crippen LogP contribution in [-0.4, -0.2) is 0 Å². The first-order chi connectivity index (χ1) is 18.0. The molecule has 0 N–H and O–H groups in total. The molecular weight excluding hydrogens is 460 g/mol. The molecule has 192 valence electrons. The summed E-state index contributed by atoms with van der Waals surface area (Å²) in [6, 6.07) is 13.2. The molecule has 0 bridgehead atoms. The van der Waals surface area contributed by atoms with Crippen molar-refractivity contribution >= 4 is 21.9 Å². The summed E-state index contributed by atoms with van der Waals surface area (Å²) >= 11 is 0. The van der Waals surface area contributed by atoms with Gasteiger partial charge in [0, 0.05) is 10.9 Å². The van der Waals surface area contributed by atoms with Crippen molar-refractivity contribution in [1.82, 2.24) is 0 Å². The van der Waals surface area contributed by atoms with E-state index in [0.717, 1.165) is 5.75 Å². The lowest BCUT2D eigenvalue weighted by atomic mass is 9.62. The number of hydrogen-bond acceptors (Lipinski definition) is 1. The summed E-state index contributed by atoms with van der Waals surface area (Å²) in [5, 5.41) is 2.37. The van der Waals surface area contributed by atoms with E-state index in [-0.39, 0.29) is 0 Å². The molecule has 1 aliphatic heterocycles. The van der Waals surface area contributed by atoms with Crippen molar-refractivity contribution in [3.05, 3.63) is 121 Å². The number of allylic oxidation sites excluding steroid dienone is 3. The molecule has 6 rings (SSSR count). The van der Waals surface area contributed by atoms with Gasteiger partial charge in [-0.3, -0.25) is 0 Å². The predicted octanol–water partition coefficient (Wildman–Crippen LogP) is 9.81. The van der Waals surface area contributed by atoms with Gasteiger partial charge in [0.25, 0.3) is 0 Å². The van der Waals surface area contributed by atoms with Gasteiger partial charge in [-0.1, -0.05) is 36.4 Å². The maximum Gasteiger partial charge on any atom is 0.139 e. The summed E-state index contributed by atoms with van der Waals surface area (Å²) in [7, 11) is 0. The lowest BCUT2D eigenvalue weighted by molar-refractivity contribution is 0.449. The number of benzene rings is 4.